The molecule has 0 bridgehead atoms. The molecule has 198 valence electrons. The van der Waals surface area contributed by atoms with Gasteiger partial charge in [0.2, 0.25) is 0 Å². The van der Waals surface area contributed by atoms with Crippen molar-refractivity contribution >= 4 is 56.4 Å². The molecule has 1 saturated heterocycles. The van der Waals surface area contributed by atoms with Gasteiger partial charge >= 0.3 is 5.97 Å². The van der Waals surface area contributed by atoms with Crippen molar-refractivity contribution in [2.24, 2.45) is 11.1 Å². The molecule has 11 heteroatoms. The highest BCUT2D eigenvalue weighted by Gasteiger charge is 2.55. The Hall–Kier alpha value is -4.15. The molecule has 1 aliphatic carbocycles. The number of anilines is 2. The van der Waals surface area contributed by atoms with Crippen LogP contribution in [0.25, 0.3) is 38.6 Å². The molecule has 0 radical (unpaired) electrons. The monoisotopic (exact) mass is 546 g/mol. The minimum atomic E-state index is -1.29. The Bertz CT molecular complexity index is 1930. The van der Waals surface area contributed by atoms with Crippen molar-refractivity contribution in [1.82, 2.24) is 14.4 Å². The number of hydrogen-bond acceptors (Lipinski definition) is 6. The van der Waals surface area contributed by atoms with Crippen LogP contribution in [0.2, 0.25) is 5.02 Å². The average molecular weight is 547 g/mol. The maximum Gasteiger partial charge on any atom is 0.341 e. The molecule has 9 nitrogen and oxygen atoms in total. The van der Waals surface area contributed by atoms with Crippen molar-refractivity contribution in [1.29, 1.82) is 0 Å². The Labute approximate surface area is 226 Å². The number of nitrogens with one attached hydrogen (secondary N) is 2. The maximum absolute atomic E-state index is 15.0. The van der Waals surface area contributed by atoms with Crippen LogP contribution in [0, 0.1) is 11.2 Å². The molecule has 2 fully saturated rings. The van der Waals surface area contributed by atoms with E-state index in [2.05, 4.69) is 15.2 Å². The second-order valence-electron chi connectivity index (χ2n) is 10.5. The summed E-state index contributed by atoms with van der Waals surface area (Å²) in [4.78, 5) is 34.9. The van der Waals surface area contributed by atoms with E-state index >= 15 is 4.39 Å². The molecule has 1 aliphatic heterocycles. The van der Waals surface area contributed by atoms with Crippen molar-refractivity contribution in [3.63, 3.8) is 0 Å². The minimum absolute atomic E-state index is 0.00619. The first-order chi connectivity index (χ1) is 18.7. The number of fused-ring (bicyclic) bond motifs is 4. The highest BCUT2D eigenvalue weighted by atomic mass is 35.5. The molecule has 5 aromatic rings. The lowest BCUT2D eigenvalue weighted by molar-refractivity contribution is 0.0694. The van der Waals surface area contributed by atoms with Gasteiger partial charge in [-0.05, 0) is 31.0 Å². The molecule has 2 atom stereocenters. The van der Waals surface area contributed by atoms with E-state index in [-0.39, 0.29) is 22.0 Å². The molecule has 5 heterocycles. The van der Waals surface area contributed by atoms with Gasteiger partial charge in [-0.1, -0.05) is 17.7 Å². The first kappa shape index (κ1) is 23.9. The first-order valence-electron chi connectivity index (χ1n) is 12.6. The van der Waals surface area contributed by atoms with Gasteiger partial charge in [0.15, 0.2) is 0 Å². The van der Waals surface area contributed by atoms with E-state index in [0.29, 0.717) is 38.7 Å². The van der Waals surface area contributed by atoms with Crippen LogP contribution in [-0.4, -0.2) is 51.6 Å². The number of carbonyl (C=O) groups is 1. The van der Waals surface area contributed by atoms with E-state index in [1.807, 2.05) is 6.07 Å². The second kappa shape index (κ2) is 8.17. The molecule has 7 rings (SSSR count). The van der Waals surface area contributed by atoms with Crippen LogP contribution >= 0.6 is 11.6 Å². The largest absolute Gasteiger partial charge is 0.477 e. The van der Waals surface area contributed by atoms with Crippen LogP contribution in [0.4, 0.5) is 15.8 Å². The van der Waals surface area contributed by atoms with Crippen molar-refractivity contribution in [3.8, 4) is 11.1 Å². The number of carboxylic acid groups (broad SMARTS) is 1. The molecule has 39 heavy (non-hydrogen) atoms. The zero-order valence-corrected chi connectivity index (χ0v) is 21.6. The van der Waals surface area contributed by atoms with E-state index in [0.717, 1.165) is 37.2 Å². The van der Waals surface area contributed by atoms with Crippen LogP contribution in [0.1, 0.15) is 23.2 Å². The summed E-state index contributed by atoms with van der Waals surface area (Å²) < 4.78 is 16.3. The normalized spacial score (nSPS) is 20.5. The third kappa shape index (κ3) is 3.38. The lowest BCUT2D eigenvalue weighted by atomic mass is 10.0. The Morgan fingerprint density at radius 1 is 1.31 bits per heavy atom. The zero-order valence-electron chi connectivity index (χ0n) is 20.9. The molecular formula is C28H24ClFN6O3. The minimum Gasteiger partial charge on any atom is -0.477 e. The van der Waals surface area contributed by atoms with E-state index in [9.17, 15) is 14.7 Å². The average Bonchev–Trinajstić information content (AvgIpc) is 3.23. The van der Waals surface area contributed by atoms with Gasteiger partial charge in [0.25, 0.3) is 5.56 Å². The number of aromatic amines is 1. The summed E-state index contributed by atoms with van der Waals surface area (Å²) in [5, 5.41) is 13.7. The number of pyridine rings is 3. The predicted molar refractivity (Wildman–Crippen MR) is 150 cm³/mol. The van der Waals surface area contributed by atoms with Crippen LogP contribution in [0.15, 0.2) is 47.5 Å². The lowest BCUT2D eigenvalue weighted by Gasteiger charge is -2.24. The van der Waals surface area contributed by atoms with Crippen molar-refractivity contribution in [2.75, 3.05) is 30.4 Å². The molecule has 0 amide bonds. The number of benzene rings is 1. The number of halogens is 2. The standard InChI is InChI=1S/C28H24ClFN6O3/c1-32-18-8-17(30)22(29)20-21-24(35-7-6-28(12-35)9-19(28)31)16(10-33-25(21)34-23(18)20)13-2-3-14-4-5-15(27(38)39)26(37)36(14)11-13/h2-5,8,10-11,19,32H,6-7,9,12,31H2,1H3,(H,33,34)(H,38,39)/t19-,28-/m1/s1. The van der Waals surface area contributed by atoms with Crippen molar-refractivity contribution < 1.29 is 14.3 Å². The Morgan fingerprint density at radius 3 is 2.77 bits per heavy atom. The van der Waals surface area contributed by atoms with Crippen LogP contribution in [0.5, 0.6) is 0 Å². The van der Waals surface area contributed by atoms with Crippen LogP contribution in [0.3, 0.4) is 0 Å². The van der Waals surface area contributed by atoms with Gasteiger partial charge in [-0.25, -0.2) is 14.2 Å². The zero-order chi connectivity index (χ0) is 27.2. The fraction of sp³-hybridized carbons (Fsp3) is 0.250. The van der Waals surface area contributed by atoms with Crippen LogP contribution in [-0.2, 0) is 0 Å². The molecule has 2 aliphatic rings. The quantitative estimate of drug-likeness (QED) is 0.262. The third-order valence-electron chi connectivity index (χ3n) is 8.38. The maximum atomic E-state index is 15.0. The Morgan fingerprint density at radius 2 is 2.08 bits per heavy atom. The van der Waals surface area contributed by atoms with Crippen molar-refractivity contribution in [2.45, 2.75) is 18.9 Å². The lowest BCUT2D eigenvalue weighted by Crippen LogP contribution is -2.24. The van der Waals surface area contributed by atoms with Gasteiger partial charge in [-0.15, -0.1) is 0 Å². The van der Waals surface area contributed by atoms with Gasteiger partial charge in [0.1, 0.15) is 17.0 Å². The van der Waals surface area contributed by atoms with Gasteiger partial charge in [-0.3, -0.25) is 9.20 Å². The molecule has 4 aromatic heterocycles. The number of aromatic nitrogens is 3. The Balaban J connectivity index is 1.55. The number of carboxylic acids is 1. The van der Waals surface area contributed by atoms with Gasteiger partial charge < -0.3 is 26.0 Å². The van der Waals surface area contributed by atoms with E-state index < -0.39 is 17.3 Å². The summed E-state index contributed by atoms with van der Waals surface area (Å²) in [5.74, 6) is -1.84. The van der Waals surface area contributed by atoms with E-state index in [1.54, 1.807) is 31.6 Å². The van der Waals surface area contributed by atoms with Crippen LogP contribution < -0.4 is 21.5 Å². The Kier molecular flexibility index (Phi) is 5.02. The number of aromatic carboxylic acids is 1. The summed E-state index contributed by atoms with van der Waals surface area (Å²) in [6.45, 7) is 1.48. The second-order valence-corrected chi connectivity index (χ2v) is 10.9. The summed E-state index contributed by atoms with van der Waals surface area (Å²) in [6.07, 6.45) is 5.23. The van der Waals surface area contributed by atoms with Gasteiger partial charge in [0.05, 0.1) is 27.3 Å². The van der Waals surface area contributed by atoms with Crippen molar-refractivity contribution in [3.05, 3.63) is 69.5 Å². The third-order valence-corrected chi connectivity index (χ3v) is 8.75. The summed E-state index contributed by atoms with van der Waals surface area (Å²) in [6, 6.07) is 8.02. The highest BCUT2D eigenvalue weighted by molar-refractivity contribution is 6.39. The number of rotatable bonds is 4. The summed E-state index contributed by atoms with van der Waals surface area (Å²) in [7, 11) is 1.71. The first-order valence-corrected chi connectivity index (χ1v) is 13.0. The molecular weight excluding hydrogens is 523 g/mol. The van der Waals surface area contributed by atoms with Gasteiger partial charge in [-0.2, -0.15) is 0 Å². The molecule has 5 N–H and O–H groups in total. The number of nitrogens with zero attached hydrogens (tertiary/aromatic N) is 3. The topological polar surface area (TPSA) is 129 Å². The molecule has 1 spiro atoms. The smallest absolute Gasteiger partial charge is 0.341 e. The number of hydrogen-bond donors (Lipinski definition) is 4. The molecule has 1 aromatic carbocycles. The number of nitrogens with two attached hydrogens (primary N) is 1. The van der Waals surface area contributed by atoms with E-state index in [1.165, 1.54) is 16.5 Å². The summed E-state index contributed by atoms with van der Waals surface area (Å²) in [5.41, 5.74) is 9.93. The predicted octanol–water partition coefficient (Wildman–Crippen LogP) is 4.46. The SMILES string of the molecule is CNc1cc(F)c(Cl)c2c1[nH]c1ncc(-c3ccc4ccc(C(=O)O)c(=O)n4c3)c(N3CC[C@@]4(C[C@H]4N)C3)c12. The molecule has 1 saturated carbocycles. The fourth-order valence-corrected chi connectivity index (χ4v) is 6.37. The highest BCUT2D eigenvalue weighted by Crippen LogP contribution is 2.54. The molecule has 0 unspecified atom stereocenters. The van der Waals surface area contributed by atoms with Gasteiger partial charge in [0, 0.05) is 72.1 Å². The summed E-state index contributed by atoms with van der Waals surface area (Å²) >= 11 is 6.60. The number of H-pyrrole nitrogens is 1. The fourth-order valence-electron chi connectivity index (χ4n) is 6.13. The van der Waals surface area contributed by atoms with E-state index in [4.69, 9.17) is 22.3 Å².